The molecular weight excluding hydrogens is 496 g/mol. The summed E-state index contributed by atoms with van der Waals surface area (Å²) in [6.07, 6.45) is 10.6. The second-order valence-electron chi connectivity index (χ2n) is 10.3. The molecular formula is C25H30N6O5S. The molecule has 3 atom stereocenters. The Hall–Kier alpha value is -3.25. The summed E-state index contributed by atoms with van der Waals surface area (Å²) >= 11 is 0. The third kappa shape index (κ3) is 4.63. The molecule has 0 N–H and O–H groups in total. The van der Waals surface area contributed by atoms with Crippen molar-refractivity contribution in [3.05, 3.63) is 53.1 Å². The average molecular weight is 527 g/mol. The molecule has 2 bridgehead atoms. The van der Waals surface area contributed by atoms with Gasteiger partial charge < -0.3 is 23.8 Å². The molecule has 12 heteroatoms. The van der Waals surface area contributed by atoms with Crippen LogP contribution in [0.15, 0.2) is 51.8 Å². The lowest BCUT2D eigenvalue weighted by atomic mass is 9.84. The quantitative estimate of drug-likeness (QED) is 0.551. The zero-order chi connectivity index (χ0) is 25.7. The maximum Gasteiger partial charge on any atom is 0.324 e. The number of sulfone groups is 1. The summed E-state index contributed by atoms with van der Waals surface area (Å²) in [7, 11) is -3.24. The van der Waals surface area contributed by atoms with Crippen LogP contribution < -0.4 is 14.5 Å². The number of nitrogens with zero attached hydrogens (tertiary/aromatic N) is 6. The Balaban J connectivity index is 1.16. The van der Waals surface area contributed by atoms with Crippen LogP contribution in [0.3, 0.4) is 0 Å². The van der Waals surface area contributed by atoms with Crippen LogP contribution in [0.1, 0.15) is 32.0 Å². The Morgan fingerprint density at radius 2 is 1.95 bits per heavy atom. The van der Waals surface area contributed by atoms with Crippen LogP contribution >= 0.6 is 0 Å². The van der Waals surface area contributed by atoms with Gasteiger partial charge in [-0.3, -0.25) is 0 Å². The molecule has 0 spiro atoms. The summed E-state index contributed by atoms with van der Waals surface area (Å²) in [6.45, 7) is 6.64. The summed E-state index contributed by atoms with van der Waals surface area (Å²) < 4.78 is 41.8. The number of hydrogen-bond donors (Lipinski definition) is 0. The van der Waals surface area contributed by atoms with Crippen LogP contribution in [0.5, 0.6) is 5.88 Å². The van der Waals surface area contributed by atoms with E-state index in [4.69, 9.17) is 14.0 Å². The van der Waals surface area contributed by atoms with E-state index < -0.39 is 9.84 Å². The minimum atomic E-state index is -3.24. The molecule has 1 aliphatic carbocycles. The highest BCUT2D eigenvalue weighted by Crippen LogP contribution is 2.36. The topological polar surface area (TPSA) is 124 Å². The number of allylic oxidation sites excluding steroid dienone is 1. The van der Waals surface area contributed by atoms with Gasteiger partial charge in [-0.05, 0) is 24.1 Å². The SMILES string of the molecule is CC(C)c1noc(N2CC3COCC(C2)C3Oc2cc(N3C=CC4=CC(S(C)(=O)=O)=CCC43)ncn2)n1. The molecule has 0 amide bonds. The van der Waals surface area contributed by atoms with Gasteiger partial charge in [-0.25, -0.2) is 18.4 Å². The number of fused-ring (bicyclic) bond motifs is 3. The van der Waals surface area contributed by atoms with E-state index in [2.05, 4.69) is 25.0 Å². The largest absolute Gasteiger partial charge is 0.473 e. The van der Waals surface area contributed by atoms with Gasteiger partial charge in [0.15, 0.2) is 15.7 Å². The molecule has 0 aromatic carbocycles. The van der Waals surface area contributed by atoms with Crippen molar-refractivity contribution in [3.63, 3.8) is 0 Å². The van der Waals surface area contributed by atoms with E-state index in [1.54, 1.807) is 12.2 Å². The number of hydrogen-bond acceptors (Lipinski definition) is 11. The van der Waals surface area contributed by atoms with E-state index in [1.165, 1.54) is 12.6 Å². The summed E-state index contributed by atoms with van der Waals surface area (Å²) in [4.78, 5) is 18.0. The summed E-state index contributed by atoms with van der Waals surface area (Å²) in [6, 6.07) is 2.39. The van der Waals surface area contributed by atoms with Crippen LogP contribution in [-0.2, 0) is 14.6 Å². The average Bonchev–Trinajstić information content (AvgIpc) is 3.51. The number of rotatable bonds is 6. The van der Waals surface area contributed by atoms with Crippen LogP contribution in [0.2, 0.25) is 0 Å². The first-order valence-corrected chi connectivity index (χ1v) is 14.4. The van der Waals surface area contributed by atoms with Crippen molar-refractivity contribution in [3.8, 4) is 5.88 Å². The first-order valence-electron chi connectivity index (χ1n) is 12.5. The Labute approximate surface area is 215 Å². The third-order valence-corrected chi connectivity index (χ3v) is 8.44. The standard InChI is InChI=1S/C25H30N6O5S/c1-15(2)24-28-25(36-29-24)30-10-17-12-34-13-18(11-30)23(17)35-22-9-21(26-14-27-22)31-7-6-16-8-19(37(3,32)33)4-5-20(16)31/h4,6-9,14-15,17-18,20,23H,5,10-13H2,1-3H3. The fourth-order valence-electron chi connectivity index (χ4n) is 5.39. The van der Waals surface area contributed by atoms with Crippen molar-refractivity contribution in [1.29, 1.82) is 0 Å². The summed E-state index contributed by atoms with van der Waals surface area (Å²) in [5, 5.41) is 4.11. The highest BCUT2D eigenvalue weighted by atomic mass is 32.2. The number of piperidine rings is 1. The van der Waals surface area contributed by atoms with E-state index in [0.717, 1.165) is 5.57 Å². The molecule has 3 unspecified atom stereocenters. The van der Waals surface area contributed by atoms with Gasteiger partial charge in [0.05, 0.1) is 24.2 Å². The fourth-order valence-corrected chi connectivity index (χ4v) is 6.14. The van der Waals surface area contributed by atoms with Crippen molar-refractivity contribution in [2.45, 2.75) is 38.3 Å². The molecule has 0 saturated carbocycles. The van der Waals surface area contributed by atoms with Gasteiger partial charge in [0.1, 0.15) is 18.2 Å². The van der Waals surface area contributed by atoms with Gasteiger partial charge >= 0.3 is 6.01 Å². The first-order chi connectivity index (χ1) is 17.8. The highest BCUT2D eigenvalue weighted by Gasteiger charge is 2.43. The lowest BCUT2D eigenvalue weighted by molar-refractivity contribution is -0.0775. The predicted octanol–water partition coefficient (Wildman–Crippen LogP) is 2.47. The normalized spacial score (nSPS) is 27.2. The van der Waals surface area contributed by atoms with E-state index in [0.29, 0.717) is 61.2 Å². The third-order valence-electron chi connectivity index (χ3n) is 7.30. The van der Waals surface area contributed by atoms with Crippen molar-refractivity contribution in [2.75, 3.05) is 42.4 Å². The molecule has 2 aromatic rings. The minimum absolute atomic E-state index is 0.00518. The maximum atomic E-state index is 12.0. The summed E-state index contributed by atoms with van der Waals surface area (Å²) in [5.41, 5.74) is 0.949. The Kier molecular flexibility index (Phi) is 6.03. The molecule has 6 rings (SSSR count). The minimum Gasteiger partial charge on any atom is -0.473 e. The molecule has 2 saturated heterocycles. The summed E-state index contributed by atoms with van der Waals surface area (Å²) in [5.74, 6) is 2.37. The van der Waals surface area contributed by atoms with E-state index in [-0.39, 0.29) is 29.9 Å². The van der Waals surface area contributed by atoms with E-state index >= 15 is 0 Å². The molecule has 2 aromatic heterocycles. The Morgan fingerprint density at radius 1 is 1.16 bits per heavy atom. The lowest BCUT2D eigenvalue weighted by Gasteiger charge is -2.45. The van der Waals surface area contributed by atoms with Crippen LogP contribution in [0.4, 0.5) is 11.8 Å². The molecule has 196 valence electrons. The Bertz CT molecular complexity index is 1370. The molecule has 4 aliphatic rings. The second kappa shape index (κ2) is 9.25. The van der Waals surface area contributed by atoms with Crippen LogP contribution in [0, 0.1) is 11.8 Å². The maximum absolute atomic E-state index is 12.0. The predicted molar refractivity (Wildman–Crippen MR) is 136 cm³/mol. The van der Waals surface area contributed by atoms with Gasteiger partial charge in [0, 0.05) is 49.4 Å². The number of ether oxygens (including phenoxy) is 2. The van der Waals surface area contributed by atoms with E-state index in [9.17, 15) is 8.42 Å². The lowest BCUT2D eigenvalue weighted by Crippen LogP contribution is -2.57. The first kappa shape index (κ1) is 24.1. The molecule has 11 nitrogen and oxygen atoms in total. The molecule has 2 fully saturated rings. The fraction of sp³-hybridized carbons (Fsp3) is 0.520. The van der Waals surface area contributed by atoms with Gasteiger partial charge in [-0.1, -0.05) is 25.1 Å². The van der Waals surface area contributed by atoms with Crippen LogP contribution in [-0.4, -0.2) is 73.2 Å². The van der Waals surface area contributed by atoms with Gasteiger partial charge in [-0.15, -0.1) is 0 Å². The van der Waals surface area contributed by atoms with Crippen molar-refractivity contribution >= 4 is 21.7 Å². The smallest absolute Gasteiger partial charge is 0.324 e. The zero-order valence-electron chi connectivity index (χ0n) is 21.0. The monoisotopic (exact) mass is 526 g/mol. The molecule has 5 heterocycles. The van der Waals surface area contributed by atoms with Crippen molar-refractivity contribution in [2.24, 2.45) is 11.8 Å². The molecule has 0 radical (unpaired) electrons. The number of anilines is 2. The molecule has 37 heavy (non-hydrogen) atoms. The Morgan fingerprint density at radius 3 is 2.65 bits per heavy atom. The zero-order valence-corrected chi connectivity index (χ0v) is 21.8. The van der Waals surface area contributed by atoms with Gasteiger partial charge in [0.25, 0.3) is 0 Å². The van der Waals surface area contributed by atoms with E-state index in [1.807, 2.05) is 37.1 Å². The van der Waals surface area contributed by atoms with Crippen LogP contribution in [0.25, 0.3) is 0 Å². The van der Waals surface area contributed by atoms with Gasteiger partial charge in [0.2, 0.25) is 5.88 Å². The number of aromatic nitrogens is 4. The van der Waals surface area contributed by atoms with Crippen molar-refractivity contribution < 1.29 is 22.4 Å². The second-order valence-corrected chi connectivity index (χ2v) is 12.4. The highest BCUT2D eigenvalue weighted by molar-refractivity contribution is 7.94. The molecule has 3 aliphatic heterocycles. The van der Waals surface area contributed by atoms with Crippen molar-refractivity contribution in [1.82, 2.24) is 20.1 Å². The van der Waals surface area contributed by atoms with Gasteiger partial charge in [-0.2, -0.15) is 4.98 Å².